The van der Waals surface area contributed by atoms with Crippen LogP contribution in [0.1, 0.15) is 21.7 Å². The Hall–Kier alpha value is -3.51. The highest BCUT2D eigenvalue weighted by Crippen LogP contribution is 2.26. The van der Waals surface area contributed by atoms with Gasteiger partial charge in [0.1, 0.15) is 23.0 Å². The van der Waals surface area contributed by atoms with Crippen LogP contribution < -0.4 is 10.0 Å². The lowest BCUT2D eigenvalue weighted by molar-refractivity contribution is 0.102. The van der Waals surface area contributed by atoms with Crippen molar-refractivity contribution in [2.45, 2.75) is 6.92 Å². The van der Waals surface area contributed by atoms with Crippen LogP contribution in [0.5, 0.6) is 0 Å². The van der Waals surface area contributed by atoms with Gasteiger partial charge in [-0.15, -0.1) is 0 Å². The topological polar surface area (TPSA) is 117 Å². The number of hydrogen-bond acceptors (Lipinski definition) is 5. The molecule has 2 N–H and O–H groups in total. The Morgan fingerprint density at radius 2 is 1.74 bits per heavy atom. The molecule has 2 aromatic heterocycles. The van der Waals surface area contributed by atoms with Crippen molar-refractivity contribution in [1.29, 1.82) is 5.26 Å². The minimum Gasteiger partial charge on any atom is -0.443 e. The maximum atomic E-state index is 12.7. The lowest BCUT2D eigenvalue weighted by Crippen LogP contribution is -2.14. The third-order valence-electron chi connectivity index (χ3n) is 3.69. The van der Waals surface area contributed by atoms with Gasteiger partial charge < -0.3 is 9.73 Å². The molecular formula is C18H16N4O4S. The third kappa shape index (κ3) is 4.02. The van der Waals surface area contributed by atoms with Gasteiger partial charge in [0.15, 0.2) is 0 Å². The van der Waals surface area contributed by atoms with E-state index in [0.29, 0.717) is 17.1 Å². The molecule has 3 rings (SSSR count). The lowest BCUT2D eigenvalue weighted by atomic mass is 10.1. The number of sulfonamides is 1. The van der Waals surface area contributed by atoms with Crippen molar-refractivity contribution < 1.29 is 17.6 Å². The van der Waals surface area contributed by atoms with E-state index in [1.54, 1.807) is 48.1 Å². The summed E-state index contributed by atoms with van der Waals surface area (Å²) in [5.74, 6) is 0.107. The molecule has 0 bridgehead atoms. The molecule has 0 spiro atoms. The highest BCUT2D eigenvalue weighted by Gasteiger charge is 2.24. The summed E-state index contributed by atoms with van der Waals surface area (Å²) in [7, 11) is -3.38. The van der Waals surface area contributed by atoms with Gasteiger partial charge in [0.05, 0.1) is 6.26 Å². The van der Waals surface area contributed by atoms with Crippen molar-refractivity contribution in [3.8, 4) is 12.0 Å². The number of furan rings is 1. The van der Waals surface area contributed by atoms with Crippen molar-refractivity contribution in [3.05, 3.63) is 65.7 Å². The number of nitriles is 1. The second kappa shape index (κ2) is 7.01. The fraction of sp³-hybridized carbons (Fsp3) is 0.111. The van der Waals surface area contributed by atoms with Gasteiger partial charge in [-0.25, -0.2) is 8.42 Å². The van der Waals surface area contributed by atoms with E-state index in [1.807, 2.05) is 6.07 Å². The lowest BCUT2D eigenvalue weighted by Gasteiger charge is -2.07. The summed E-state index contributed by atoms with van der Waals surface area (Å²) in [6.07, 6.45) is 4.48. The molecule has 9 heteroatoms. The third-order valence-corrected chi connectivity index (χ3v) is 4.30. The number of benzene rings is 1. The van der Waals surface area contributed by atoms with Gasteiger partial charge in [-0.05, 0) is 43.3 Å². The van der Waals surface area contributed by atoms with Crippen LogP contribution in [0.3, 0.4) is 0 Å². The average molecular weight is 384 g/mol. The summed E-state index contributed by atoms with van der Waals surface area (Å²) in [6, 6.07) is 11.7. The molecule has 1 amide bonds. The van der Waals surface area contributed by atoms with Crippen LogP contribution in [0.25, 0.3) is 5.88 Å². The molecule has 0 unspecified atom stereocenters. The van der Waals surface area contributed by atoms with Crippen molar-refractivity contribution in [2.75, 3.05) is 16.3 Å². The molecule has 0 fully saturated rings. The van der Waals surface area contributed by atoms with E-state index in [4.69, 9.17) is 4.42 Å². The second-order valence-corrected chi connectivity index (χ2v) is 7.57. The molecular weight excluding hydrogens is 368 g/mol. The number of aromatic nitrogens is 1. The van der Waals surface area contributed by atoms with Crippen LogP contribution in [0, 0.1) is 18.3 Å². The molecule has 138 valence electrons. The standard InChI is InChI=1S/C18H16N4O4S/c1-12-16(15(11-19)18(26-12)22-9-3-4-10-22)17(23)20-13-5-7-14(8-6-13)21-27(2,24)25/h3-10,21H,1-2H3,(H,20,23). The first-order valence-electron chi connectivity index (χ1n) is 7.84. The zero-order chi connectivity index (χ0) is 19.6. The Morgan fingerprint density at radius 1 is 1.15 bits per heavy atom. The van der Waals surface area contributed by atoms with E-state index in [0.717, 1.165) is 6.26 Å². The Morgan fingerprint density at radius 3 is 2.30 bits per heavy atom. The molecule has 0 aliphatic carbocycles. The van der Waals surface area contributed by atoms with Crippen LogP contribution >= 0.6 is 0 Å². The van der Waals surface area contributed by atoms with Crippen LogP contribution in [-0.4, -0.2) is 25.1 Å². The van der Waals surface area contributed by atoms with E-state index in [2.05, 4.69) is 10.0 Å². The van der Waals surface area contributed by atoms with Gasteiger partial charge in [-0.2, -0.15) is 5.26 Å². The molecule has 27 heavy (non-hydrogen) atoms. The number of rotatable bonds is 5. The fourth-order valence-electron chi connectivity index (χ4n) is 2.59. The van der Waals surface area contributed by atoms with Crippen molar-refractivity contribution in [1.82, 2.24) is 4.57 Å². The molecule has 0 radical (unpaired) electrons. The Labute approximate surface area is 156 Å². The number of nitrogens with zero attached hydrogens (tertiary/aromatic N) is 2. The van der Waals surface area contributed by atoms with Crippen molar-refractivity contribution >= 4 is 27.3 Å². The van der Waals surface area contributed by atoms with E-state index in [1.165, 1.54) is 12.1 Å². The Balaban J connectivity index is 1.86. The predicted molar refractivity (Wildman–Crippen MR) is 100 cm³/mol. The monoisotopic (exact) mass is 384 g/mol. The Bertz CT molecular complexity index is 1120. The molecule has 0 saturated carbocycles. The minimum absolute atomic E-state index is 0.136. The quantitative estimate of drug-likeness (QED) is 0.701. The molecule has 0 aliphatic heterocycles. The van der Waals surface area contributed by atoms with Gasteiger partial charge in [0.2, 0.25) is 15.9 Å². The summed E-state index contributed by atoms with van der Waals surface area (Å²) >= 11 is 0. The first-order valence-corrected chi connectivity index (χ1v) is 9.73. The van der Waals surface area contributed by atoms with Crippen molar-refractivity contribution in [2.24, 2.45) is 0 Å². The molecule has 3 aromatic rings. The second-order valence-electron chi connectivity index (χ2n) is 5.82. The van der Waals surface area contributed by atoms with Gasteiger partial charge in [-0.3, -0.25) is 14.1 Å². The van der Waals surface area contributed by atoms with Crippen molar-refractivity contribution in [3.63, 3.8) is 0 Å². The first-order chi connectivity index (χ1) is 12.8. The van der Waals surface area contributed by atoms with E-state index in [-0.39, 0.29) is 17.0 Å². The van der Waals surface area contributed by atoms with Gasteiger partial charge >= 0.3 is 0 Å². The largest absolute Gasteiger partial charge is 0.443 e. The number of carbonyl (C=O) groups excluding carboxylic acids is 1. The highest BCUT2D eigenvalue weighted by atomic mass is 32.2. The number of aryl methyl sites for hydroxylation is 1. The molecule has 0 atom stereocenters. The smallest absolute Gasteiger partial charge is 0.260 e. The van der Waals surface area contributed by atoms with Crippen LogP contribution in [-0.2, 0) is 10.0 Å². The summed E-state index contributed by atoms with van der Waals surface area (Å²) < 4.78 is 32.0. The van der Waals surface area contributed by atoms with Crippen LogP contribution in [0.15, 0.2) is 53.2 Å². The number of anilines is 2. The van der Waals surface area contributed by atoms with Crippen LogP contribution in [0.4, 0.5) is 11.4 Å². The summed E-state index contributed by atoms with van der Waals surface area (Å²) in [4.78, 5) is 12.7. The molecule has 1 aromatic carbocycles. The fourth-order valence-corrected chi connectivity index (χ4v) is 3.15. The molecule has 8 nitrogen and oxygen atoms in total. The molecule has 0 aliphatic rings. The summed E-state index contributed by atoms with van der Waals surface area (Å²) in [5, 5.41) is 12.2. The summed E-state index contributed by atoms with van der Waals surface area (Å²) in [6.45, 7) is 1.61. The average Bonchev–Trinajstić information content (AvgIpc) is 3.22. The van der Waals surface area contributed by atoms with E-state index < -0.39 is 15.9 Å². The number of nitrogens with one attached hydrogen (secondary N) is 2. The van der Waals surface area contributed by atoms with Crippen LogP contribution in [0.2, 0.25) is 0 Å². The zero-order valence-electron chi connectivity index (χ0n) is 14.6. The van der Waals surface area contributed by atoms with Gasteiger partial charge in [0.25, 0.3) is 5.91 Å². The molecule has 0 saturated heterocycles. The maximum absolute atomic E-state index is 12.7. The van der Waals surface area contributed by atoms with Gasteiger partial charge in [-0.1, -0.05) is 0 Å². The SMILES string of the molecule is Cc1oc(-n2cccc2)c(C#N)c1C(=O)Nc1ccc(NS(C)(=O)=O)cc1. The normalized spacial score (nSPS) is 11.0. The highest BCUT2D eigenvalue weighted by molar-refractivity contribution is 7.92. The maximum Gasteiger partial charge on any atom is 0.260 e. The van der Waals surface area contributed by atoms with E-state index >= 15 is 0 Å². The van der Waals surface area contributed by atoms with E-state index in [9.17, 15) is 18.5 Å². The summed E-state index contributed by atoms with van der Waals surface area (Å²) in [5.41, 5.74) is 1.12. The predicted octanol–water partition coefficient (Wildman–Crippen LogP) is 2.87. The zero-order valence-corrected chi connectivity index (χ0v) is 15.4. The molecule has 2 heterocycles. The number of hydrogen-bond donors (Lipinski definition) is 2. The minimum atomic E-state index is -3.38. The number of carbonyl (C=O) groups is 1. The van der Waals surface area contributed by atoms with Gasteiger partial charge in [0, 0.05) is 23.8 Å². The Kier molecular flexibility index (Phi) is 4.75. The first kappa shape index (κ1) is 18.3. The number of amides is 1.